The molecule has 80 valence electrons. The summed E-state index contributed by atoms with van der Waals surface area (Å²) < 4.78 is 0. The molecule has 0 fully saturated rings. The van der Waals surface area contributed by atoms with E-state index >= 15 is 0 Å². The van der Waals surface area contributed by atoms with Crippen molar-refractivity contribution in [2.45, 2.75) is 26.7 Å². The lowest BCUT2D eigenvalue weighted by molar-refractivity contribution is -0.366. The molecule has 0 aliphatic heterocycles. The van der Waals surface area contributed by atoms with Crippen LogP contribution in [0.5, 0.6) is 0 Å². The Bertz CT molecular complexity index is 469. The summed E-state index contributed by atoms with van der Waals surface area (Å²) in [5, 5.41) is 1.38. The zero-order valence-electron chi connectivity index (χ0n) is 9.56. The van der Waals surface area contributed by atoms with E-state index in [9.17, 15) is 0 Å². The average molecular weight is 203 g/mol. The predicted molar refractivity (Wildman–Crippen MR) is 63.9 cm³/mol. The van der Waals surface area contributed by atoms with E-state index in [1.807, 2.05) is 0 Å². The highest BCUT2D eigenvalue weighted by Gasteiger charge is 2.09. The Morgan fingerprint density at radius 2 is 2.13 bits per heavy atom. The molecule has 0 aliphatic rings. The lowest BCUT2D eigenvalue weighted by Crippen LogP contribution is -2.51. The van der Waals surface area contributed by atoms with Gasteiger partial charge in [0, 0.05) is 23.0 Å². The number of hydrogen-bond acceptors (Lipinski definition) is 0. The molecule has 1 heterocycles. The maximum Gasteiger partial charge on any atom is 0.0781 e. The third-order valence-electron chi connectivity index (χ3n) is 3.05. The van der Waals surface area contributed by atoms with Crippen molar-refractivity contribution in [2.24, 2.45) is 0 Å². The molecule has 0 spiro atoms. The summed E-state index contributed by atoms with van der Waals surface area (Å²) in [6.07, 6.45) is 2.15. The molecular formula is C13H19N2+. The summed E-state index contributed by atoms with van der Waals surface area (Å²) >= 11 is 0. The van der Waals surface area contributed by atoms with Gasteiger partial charge in [-0.1, -0.05) is 25.1 Å². The molecule has 0 bridgehead atoms. The fraction of sp³-hybridized carbons (Fsp3) is 0.385. The molecule has 0 unspecified atom stereocenters. The van der Waals surface area contributed by atoms with Gasteiger partial charge in [0.05, 0.1) is 6.54 Å². The van der Waals surface area contributed by atoms with E-state index < -0.39 is 0 Å². The number of fused-ring (bicyclic) bond motifs is 1. The highest BCUT2D eigenvalue weighted by Crippen LogP contribution is 2.25. The standard InChI is InChI=1S/C13H18N2/c1-3-10-5-4-6-12-11(7-8-14)9(2)15-13(10)12/h4-6,15H,3,7-8,14H2,1-2H3/p+1. The number of quaternary nitrogens is 1. The topological polar surface area (TPSA) is 43.4 Å². The van der Waals surface area contributed by atoms with Crippen LogP contribution in [0, 0.1) is 6.92 Å². The molecule has 1 aromatic heterocycles. The number of H-pyrrole nitrogens is 1. The number of rotatable bonds is 3. The van der Waals surface area contributed by atoms with Crippen LogP contribution in [0.15, 0.2) is 18.2 Å². The van der Waals surface area contributed by atoms with Crippen molar-refractivity contribution in [2.75, 3.05) is 6.54 Å². The summed E-state index contributed by atoms with van der Waals surface area (Å²) in [6.45, 7) is 5.32. The van der Waals surface area contributed by atoms with Gasteiger partial charge < -0.3 is 10.7 Å². The first-order valence-electron chi connectivity index (χ1n) is 5.66. The minimum absolute atomic E-state index is 0.962. The Morgan fingerprint density at radius 1 is 1.33 bits per heavy atom. The van der Waals surface area contributed by atoms with Crippen LogP contribution in [0.2, 0.25) is 0 Å². The first kappa shape index (κ1) is 10.2. The number of nitrogens with one attached hydrogen (secondary N) is 1. The van der Waals surface area contributed by atoms with E-state index in [1.165, 1.54) is 27.7 Å². The number of aryl methyl sites for hydroxylation is 2. The molecule has 0 saturated carbocycles. The second kappa shape index (κ2) is 4.07. The van der Waals surface area contributed by atoms with E-state index in [0.29, 0.717) is 0 Å². The Hall–Kier alpha value is -1.28. The summed E-state index contributed by atoms with van der Waals surface area (Å²) in [4.78, 5) is 3.50. The fourth-order valence-corrected chi connectivity index (χ4v) is 2.26. The smallest absolute Gasteiger partial charge is 0.0781 e. The first-order valence-corrected chi connectivity index (χ1v) is 5.66. The van der Waals surface area contributed by atoms with E-state index in [1.54, 1.807) is 0 Å². The molecule has 2 nitrogen and oxygen atoms in total. The molecule has 0 atom stereocenters. The van der Waals surface area contributed by atoms with Crippen LogP contribution in [0.4, 0.5) is 0 Å². The quantitative estimate of drug-likeness (QED) is 0.764. The van der Waals surface area contributed by atoms with E-state index in [0.717, 1.165) is 19.4 Å². The summed E-state index contributed by atoms with van der Waals surface area (Å²) in [5.74, 6) is 0. The van der Waals surface area contributed by atoms with Gasteiger partial charge in [0.25, 0.3) is 0 Å². The zero-order valence-corrected chi connectivity index (χ0v) is 9.56. The van der Waals surface area contributed by atoms with E-state index in [2.05, 4.69) is 42.8 Å². The van der Waals surface area contributed by atoms with Crippen molar-refractivity contribution in [3.8, 4) is 0 Å². The third kappa shape index (κ3) is 1.65. The van der Waals surface area contributed by atoms with Crippen LogP contribution in [0.3, 0.4) is 0 Å². The SMILES string of the molecule is CCc1cccc2c(CC[NH3+])c(C)[nH]c12. The van der Waals surface area contributed by atoms with Gasteiger partial charge in [-0.15, -0.1) is 0 Å². The second-order valence-electron chi connectivity index (χ2n) is 4.03. The minimum atomic E-state index is 0.962. The largest absolute Gasteiger partial charge is 0.358 e. The van der Waals surface area contributed by atoms with E-state index in [-0.39, 0.29) is 0 Å². The Balaban J connectivity index is 2.67. The van der Waals surface area contributed by atoms with Crippen LogP contribution in [0.1, 0.15) is 23.7 Å². The molecule has 0 aliphatic carbocycles. The Labute approximate surface area is 90.5 Å². The van der Waals surface area contributed by atoms with Crippen LogP contribution in [-0.4, -0.2) is 11.5 Å². The van der Waals surface area contributed by atoms with Gasteiger partial charge in [-0.25, -0.2) is 0 Å². The number of benzene rings is 1. The van der Waals surface area contributed by atoms with Gasteiger partial charge in [0.15, 0.2) is 0 Å². The maximum absolute atomic E-state index is 3.94. The summed E-state index contributed by atoms with van der Waals surface area (Å²) in [6, 6.07) is 6.57. The normalized spacial score (nSPS) is 11.1. The molecule has 2 heteroatoms. The average Bonchev–Trinajstić information content (AvgIpc) is 2.56. The van der Waals surface area contributed by atoms with Crippen molar-refractivity contribution in [3.05, 3.63) is 35.0 Å². The molecular weight excluding hydrogens is 184 g/mol. The van der Waals surface area contributed by atoms with Gasteiger partial charge in [0.1, 0.15) is 0 Å². The number of para-hydroxylation sites is 1. The first-order chi connectivity index (χ1) is 7.27. The molecule has 0 saturated heterocycles. The summed E-state index contributed by atoms with van der Waals surface area (Å²) in [5.41, 5.74) is 9.41. The molecule has 4 N–H and O–H groups in total. The van der Waals surface area contributed by atoms with Crippen molar-refractivity contribution in [1.29, 1.82) is 0 Å². The Kier molecular flexibility index (Phi) is 2.78. The van der Waals surface area contributed by atoms with Crippen molar-refractivity contribution in [3.63, 3.8) is 0 Å². The number of hydrogen-bond donors (Lipinski definition) is 2. The monoisotopic (exact) mass is 203 g/mol. The molecule has 1 aromatic carbocycles. The van der Waals surface area contributed by atoms with Gasteiger partial charge in [-0.05, 0) is 24.5 Å². The van der Waals surface area contributed by atoms with Gasteiger partial charge in [-0.2, -0.15) is 0 Å². The highest BCUT2D eigenvalue weighted by atomic mass is 14.7. The van der Waals surface area contributed by atoms with Crippen LogP contribution < -0.4 is 5.73 Å². The molecule has 15 heavy (non-hydrogen) atoms. The van der Waals surface area contributed by atoms with Crippen molar-refractivity contribution in [1.82, 2.24) is 4.98 Å². The zero-order chi connectivity index (χ0) is 10.8. The molecule has 0 amide bonds. The summed E-state index contributed by atoms with van der Waals surface area (Å²) in [7, 11) is 0. The third-order valence-corrected chi connectivity index (χ3v) is 3.05. The number of aromatic amines is 1. The fourth-order valence-electron chi connectivity index (χ4n) is 2.26. The molecule has 2 rings (SSSR count). The molecule has 0 radical (unpaired) electrons. The molecule has 2 aromatic rings. The lowest BCUT2D eigenvalue weighted by atomic mass is 10.0. The maximum atomic E-state index is 3.94. The number of aromatic nitrogens is 1. The highest BCUT2D eigenvalue weighted by molar-refractivity contribution is 5.87. The van der Waals surface area contributed by atoms with Gasteiger partial charge in [-0.3, -0.25) is 0 Å². The predicted octanol–water partition coefficient (Wildman–Crippen LogP) is 1.82. The second-order valence-corrected chi connectivity index (χ2v) is 4.03. The van der Waals surface area contributed by atoms with Gasteiger partial charge >= 0.3 is 0 Å². The lowest BCUT2D eigenvalue weighted by Gasteiger charge is -1.99. The van der Waals surface area contributed by atoms with Gasteiger partial charge in [0.2, 0.25) is 0 Å². The van der Waals surface area contributed by atoms with Crippen LogP contribution >= 0.6 is 0 Å². The van der Waals surface area contributed by atoms with Crippen molar-refractivity contribution < 1.29 is 5.73 Å². The van der Waals surface area contributed by atoms with Crippen LogP contribution in [0.25, 0.3) is 10.9 Å². The Morgan fingerprint density at radius 3 is 2.80 bits per heavy atom. The van der Waals surface area contributed by atoms with Crippen molar-refractivity contribution >= 4 is 10.9 Å². The minimum Gasteiger partial charge on any atom is -0.358 e. The van der Waals surface area contributed by atoms with E-state index in [4.69, 9.17) is 0 Å². The van der Waals surface area contributed by atoms with Crippen LogP contribution in [-0.2, 0) is 12.8 Å².